The van der Waals surface area contributed by atoms with Crippen molar-refractivity contribution in [1.29, 1.82) is 0 Å². The number of anilines is 2. The number of carbonyl (C=O) groups excluding carboxylic acids is 1. The highest BCUT2D eigenvalue weighted by molar-refractivity contribution is 6.33. The van der Waals surface area contributed by atoms with E-state index in [1.165, 1.54) is 5.56 Å². The van der Waals surface area contributed by atoms with Gasteiger partial charge in [0.15, 0.2) is 0 Å². The first kappa shape index (κ1) is 20.0. The van der Waals surface area contributed by atoms with Crippen LogP contribution in [0, 0.1) is 0 Å². The van der Waals surface area contributed by atoms with Crippen molar-refractivity contribution in [2.24, 2.45) is 0 Å². The van der Waals surface area contributed by atoms with Crippen LogP contribution in [0.3, 0.4) is 0 Å². The third kappa shape index (κ3) is 4.18. The Kier molecular flexibility index (Phi) is 5.40. The summed E-state index contributed by atoms with van der Waals surface area (Å²) in [5, 5.41) is -0.0157. The van der Waals surface area contributed by atoms with Crippen LogP contribution in [-0.2, 0) is 17.4 Å². The molecular formula is C20H20ClF3N4O. The Morgan fingerprint density at radius 3 is 2.52 bits per heavy atom. The highest BCUT2D eigenvalue weighted by atomic mass is 35.5. The van der Waals surface area contributed by atoms with Gasteiger partial charge in [-0.3, -0.25) is 9.69 Å². The van der Waals surface area contributed by atoms with Crippen LogP contribution in [-0.4, -0.2) is 55.1 Å². The Morgan fingerprint density at radius 2 is 1.83 bits per heavy atom. The van der Waals surface area contributed by atoms with Gasteiger partial charge in [0.1, 0.15) is 5.82 Å². The van der Waals surface area contributed by atoms with Gasteiger partial charge in [-0.05, 0) is 24.1 Å². The predicted octanol–water partition coefficient (Wildman–Crippen LogP) is 3.47. The molecular weight excluding hydrogens is 405 g/mol. The molecule has 2 aromatic rings. The van der Waals surface area contributed by atoms with E-state index in [0.29, 0.717) is 45.1 Å². The molecule has 0 bridgehead atoms. The number of amides is 1. The number of hydrogen-bond acceptors (Lipinski definition) is 4. The molecule has 0 unspecified atom stereocenters. The summed E-state index contributed by atoms with van der Waals surface area (Å²) in [5.74, 6) is 0.410. The van der Waals surface area contributed by atoms with Crippen LogP contribution < -0.4 is 9.80 Å². The summed E-state index contributed by atoms with van der Waals surface area (Å²) in [6.07, 6.45) is -2.79. The predicted molar refractivity (Wildman–Crippen MR) is 105 cm³/mol. The maximum Gasteiger partial charge on any atom is 0.417 e. The van der Waals surface area contributed by atoms with E-state index in [1.807, 2.05) is 34.1 Å². The average Bonchev–Trinajstić information content (AvgIpc) is 3.12. The van der Waals surface area contributed by atoms with Crippen molar-refractivity contribution < 1.29 is 18.0 Å². The van der Waals surface area contributed by atoms with Crippen LogP contribution in [0.1, 0.15) is 11.1 Å². The summed E-state index contributed by atoms with van der Waals surface area (Å²) in [6.45, 7) is 3.32. The van der Waals surface area contributed by atoms with Gasteiger partial charge in [-0.25, -0.2) is 4.98 Å². The van der Waals surface area contributed by atoms with Gasteiger partial charge >= 0.3 is 6.18 Å². The number of rotatable bonds is 3. The molecule has 0 radical (unpaired) electrons. The average molecular weight is 425 g/mol. The summed E-state index contributed by atoms with van der Waals surface area (Å²) in [6, 6.07) is 8.83. The first-order valence-corrected chi connectivity index (χ1v) is 9.79. The molecule has 0 atom stereocenters. The number of alkyl halides is 3. The minimum absolute atomic E-state index is 0.0157. The normalized spacial score (nSPS) is 17.5. The molecule has 1 aromatic heterocycles. The third-order valence-corrected chi connectivity index (χ3v) is 5.65. The number of hydrogen-bond donors (Lipinski definition) is 0. The molecule has 0 spiro atoms. The lowest BCUT2D eigenvalue weighted by molar-refractivity contribution is -0.137. The number of fused-ring (bicyclic) bond motifs is 1. The Balaban J connectivity index is 1.35. The molecule has 9 heteroatoms. The molecule has 5 nitrogen and oxygen atoms in total. The Bertz CT molecular complexity index is 913. The zero-order valence-electron chi connectivity index (χ0n) is 15.6. The van der Waals surface area contributed by atoms with Crippen molar-refractivity contribution in [1.82, 2.24) is 9.88 Å². The highest BCUT2D eigenvalue weighted by Gasteiger charge is 2.32. The van der Waals surface area contributed by atoms with Crippen LogP contribution in [0.2, 0.25) is 5.02 Å². The van der Waals surface area contributed by atoms with E-state index in [1.54, 1.807) is 0 Å². The Hall–Kier alpha value is -2.32. The van der Waals surface area contributed by atoms with E-state index in [9.17, 15) is 18.0 Å². The smallest absolute Gasteiger partial charge is 0.353 e. The molecule has 2 aliphatic rings. The summed E-state index contributed by atoms with van der Waals surface area (Å²) < 4.78 is 38.3. The van der Waals surface area contributed by atoms with E-state index < -0.39 is 11.7 Å². The largest absolute Gasteiger partial charge is 0.417 e. The van der Waals surface area contributed by atoms with Crippen LogP contribution in [0.25, 0.3) is 0 Å². The lowest BCUT2D eigenvalue weighted by Gasteiger charge is -2.36. The molecule has 1 aromatic carbocycles. The highest BCUT2D eigenvalue weighted by Crippen LogP contribution is 2.34. The fraction of sp³-hybridized carbons (Fsp3) is 0.400. The standard InChI is InChI=1S/C20H20ClF3N4O/c21-16-11-15(20(22,23)24)12-25-19(16)27-9-7-26(8-10-27)13-18(29)28-6-5-14-3-1-2-4-17(14)28/h1-4,11-12H,5-10,13H2. The maximum atomic E-state index is 12.8. The molecule has 1 amide bonds. The number of aromatic nitrogens is 1. The first-order chi connectivity index (χ1) is 13.8. The van der Waals surface area contributed by atoms with Gasteiger partial charge in [-0.2, -0.15) is 13.2 Å². The maximum absolute atomic E-state index is 12.8. The zero-order chi connectivity index (χ0) is 20.6. The molecule has 0 saturated carbocycles. The van der Waals surface area contributed by atoms with Crippen molar-refractivity contribution in [2.45, 2.75) is 12.6 Å². The lowest BCUT2D eigenvalue weighted by atomic mass is 10.2. The minimum Gasteiger partial charge on any atom is -0.353 e. The summed E-state index contributed by atoms with van der Waals surface area (Å²) in [5.41, 5.74) is 1.31. The number of carbonyl (C=O) groups is 1. The van der Waals surface area contributed by atoms with E-state index in [0.717, 1.165) is 24.4 Å². The number of halogens is 4. The molecule has 3 heterocycles. The number of piperazine rings is 1. The van der Waals surface area contributed by atoms with Crippen LogP contribution in [0.4, 0.5) is 24.7 Å². The molecule has 29 heavy (non-hydrogen) atoms. The Labute approximate surface area is 171 Å². The number of benzene rings is 1. The van der Waals surface area contributed by atoms with E-state index in [-0.39, 0.29) is 10.9 Å². The van der Waals surface area contributed by atoms with Crippen molar-refractivity contribution in [3.8, 4) is 0 Å². The van der Waals surface area contributed by atoms with E-state index in [2.05, 4.69) is 9.88 Å². The molecule has 0 N–H and O–H groups in total. The SMILES string of the molecule is O=C(CN1CCN(c2ncc(C(F)(F)F)cc2Cl)CC1)N1CCc2ccccc21. The van der Waals surface area contributed by atoms with Crippen molar-refractivity contribution in [3.63, 3.8) is 0 Å². The van der Waals surface area contributed by atoms with Crippen molar-refractivity contribution in [2.75, 3.05) is 49.1 Å². The fourth-order valence-corrected chi connectivity index (χ4v) is 4.10. The van der Waals surface area contributed by atoms with Crippen LogP contribution in [0.5, 0.6) is 0 Å². The topological polar surface area (TPSA) is 39.7 Å². The van der Waals surface area contributed by atoms with Crippen LogP contribution in [0.15, 0.2) is 36.5 Å². The van der Waals surface area contributed by atoms with Gasteiger partial charge in [0.25, 0.3) is 0 Å². The van der Waals surface area contributed by atoms with Crippen molar-refractivity contribution in [3.05, 3.63) is 52.7 Å². The van der Waals surface area contributed by atoms with E-state index >= 15 is 0 Å². The van der Waals surface area contributed by atoms with Gasteiger partial charge in [0, 0.05) is 44.6 Å². The second-order valence-electron chi connectivity index (χ2n) is 7.21. The molecule has 1 saturated heterocycles. The second-order valence-corrected chi connectivity index (χ2v) is 7.62. The fourth-order valence-electron chi connectivity index (χ4n) is 3.81. The molecule has 0 aliphatic carbocycles. The quantitative estimate of drug-likeness (QED) is 0.756. The molecule has 4 rings (SSSR count). The van der Waals surface area contributed by atoms with Gasteiger partial charge in [-0.15, -0.1) is 0 Å². The van der Waals surface area contributed by atoms with Crippen molar-refractivity contribution >= 4 is 29.0 Å². The van der Waals surface area contributed by atoms with Gasteiger partial charge in [0.2, 0.25) is 5.91 Å². The van der Waals surface area contributed by atoms with Gasteiger partial charge < -0.3 is 9.80 Å². The number of pyridine rings is 1. The minimum atomic E-state index is -4.47. The monoisotopic (exact) mass is 424 g/mol. The van der Waals surface area contributed by atoms with Gasteiger partial charge in [0.05, 0.1) is 17.1 Å². The Morgan fingerprint density at radius 1 is 1.10 bits per heavy atom. The molecule has 2 aliphatic heterocycles. The van der Waals surface area contributed by atoms with E-state index in [4.69, 9.17) is 11.6 Å². The van der Waals surface area contributed by atoms with Crippen LogP contribution >= 0.6 is 11.6 Å². The summed E-state index contributed by atoms with van der Waals surface area (Å²) in [7, 11) is 0. The number of nitrogens with zero attached hydrogens (tertiary/aromatic N) is 4. The summed E-state index contributed by atoms with van der Waals surface area (Å²) in [4.78, 5) is 22.4. The number of para-hydroxylation sites is 1. The zero-order valence-corrected chi connectivity index (χ0v) is 16.4. The second kappa shape index (κ2) is 7.84. The van der Waals surface area contributed by atoms with Gasteiger partial charge in [-0.1, -0.05) is 29.8 Å². The molecule has 1 fully saturated rings. The lowest BCUT2D eigenvalue weighted by Crippen LogP contribution is -2.50. The summed E-state index contributed by atoms with van der Waals surface area (Å²) >= 11 is 6.04. The molecule has 154 valence electrons. The third-order valence-electron chi connectivity index (χ3n) is 5.37. The first-order valence-electron chi connectivity index (χ1n) is 9.41.